The molecule has 20 heavy (non-hydrogen) atoms. The second kappa shape index (κ2) is 5.65. The van der Waals surface area contributed by atoms with Gasteiger partial charge in [0, 0.05) is 18.0 Å². The lowest BCUT2D eigenvalue weighted by molar-refractivity contribution is 0.708. The Bertz CT molecular complexity index is 607. The molecule has 0 fully saturated rings. The van der Waals surface area contributed by atoms with E-state index in [0.717, 1.165) is 22.8 Å². The first-order valence-corrected chi connectivity index (χ1v) is 7.02. The molecule has 0 aromatic heterocycles. The molecular formula is C16H16ClN3. The Hall–Kier alpha value is -1.84. The maximum absolute atomic E-state index is 5.97. The van der Waals surface area contributed by atoms with Crippen molar-refractivity contribution in [3.05, 3.63) is 65.2 Å². The Labute approximate surface area is 123 Å². The molecule has 3 nitrogen and oxygen atoms in total. The van der Waals surface area contributed by atoms with Gasteiger partial charge in [0.25, 0.3) is 0 Å². The summed E-state index contributed by atoms with van der Waals surface area (Å²) >= 11 is 5.97. The highest BCUT2D eigenvalue weighted by Gasteiger charge is 2.28. The molecule has 0 aliphatic carbocycles. The molecule has 1 unspecified atom stereocenters. The monoisotopic (exact) mass is 285 g/mol. The minimum absolute atomic E-state index is 0.188. The molecule has 1 heterocycles. The van der Waals surface area contributed by atoms with Crippen molar-refractivity contribution in [3.63, 3.8) is 0 Å². The summed E-state index contributed by atoms with van der Waals surface area (Å²) < 4.78 is 0. The Morgan fingerprint density at radius 2 is 1.80 bits per heavy atom. The molecule has 0 bridgehead atoms. The van der Waals surface area contributed by atoms with Gasteiger partial charge >= 0.3 is 0 Å². The first-order chi connectivity index (χ1) is 9.78. The van der Waals surface area contributed by atoms with Crippen molar-refractivity contribution in [2.24, 2.45) is 10.8 Å². The van der Waals surface area contributed by atoms with Crippen LogP contribution in [0.3, 0.4) is 0 Å². The number of hydrogen-bond acceptors (Lipinski definition) is 3. The van der Waals surface area contributed by atoms with E-state index in [4.69, 9.17) is 17.3 Å². The molecule has 1 aliphatic rings. The topological polar surface area (TPSA) is 41.6 Å². The number of anilines is 1. The van der Waals surface area contributed by atoms with Gasteiger partial charge in [-0.1, -0.05) is 41.9 Å². The lowest BCUT2D eigenvalue weighted by Crippen LogP contribution is -2.18. The van der Waals surface area contributed by atoms with E-state index in [1.54, 1.807) is 0 Å². The SMILES string of the molecule is NCC1=NN(c2ccccc2)C(c2ccc(Cl)cc2)C1. The van der Waals surface area contributed by atoms with Gasteiger partial charge in [0.15, 0.2) is 0 Å². The van der Waals surface area contributed by atoms with Gasteiger partial charge in [-0.2, -0.15) is 5.10 Å². The van der Waals surface area contributed by atoms with E-state index < -0.39 is 0 Å². The van der Waals surface area contributed by atoms with E-state index in [1.165, 1.54) is 5.56 Å². The van der Waals surface area contributed by atoms with Crippen molar-refractivity contribution in [2.45, 2.75) is 12.5 Å². The summed E-state index contributed by atoms with van der Waals surface area (Å²) in [5, 5.41) is 7.44. The molecule has 0 saturated heterocycles. The molecule has 0 radical (unpaired) electrons. The van der Waals surface area contributed by atoms with Crippen LogP contribution in [0.5, 0.6) is 0 Å². The van der Waals surface area contributed by atoms with Crippen molar-refractivity contribution in [1.82, 2.24) is 0 Å². The predicted molar refractivity (Wildman–Crippen MR) is 84.2 cm³/mol. The highest BCUT2D eigenvalue weighted by Crippen LogP contribution is 2.35. The molecular weight excluding hydrogens is 270 g/mol. The standard InChI is InChI=1S/C16H16ClN3/c17-13-8-6-12(7-9-13)16-10-14(11-18)19-20(16)15-4-2-1-3-5-15/h1-9,16H,10-11,18H2. The molecule has 0 saturated carbocycles. The second-order valence-electron chi connectivity index (χ2n) is 4.82. The van der Waals surface area contributed by atoms with Crippen LogP contribution in [0.2, 0.25) is 5.02 Å². The van der Waals surface area contributed by atoms with Crippen LogP contribution in [-0.4, -0.2) is 12.3 Å². The third-order valence-electron chi connectivity index (χ3n) is 3.48. The third kappa shape index (κ3) is 2.55. The quantitative estimate of drug-likeness (QED) is 0.936. The molecule has 0 spiro atoms. The van der Waals surface area contributed by atoms with Gasteiger partial charge in [0.1, 0.15) is 0 Å². The fourth-order valence-corrected chi connectivity index (χ4v) is 2.59. The van der Waals surface area contributed by atoms with Gasteiger partial charge < -0.3 is 5.73 Å². The first-order valence-electron chi connectivity index (χ1n) is 6.64. The highest BCUT2D eigenvalue weighted by molar-refractivity contribution is 6.30. The number of rotatable bonds is 3. The Morgan fingerprint density at radius 3 is 2.45 bits per heavy atom. The average Bonchev–Trinajstić information content (AvgIpc) is 2.93. The van der Waals surface area contributed by atoms with Crippen LogP contribution in [-0.2, 0) is 0 Å². The number of nitrogens with zero attached hydrogens (tertiary/aromatic N) is 2. The summed E-state index contributed by atoms with van der Waals surface area (Å²) in [6.45, 7) is 0.493. The summed E-state index contributed by atoms with van der Waals surface area (Å²) in [7, 11) is 0. The highest BCUT2D eigenvalue weighted by atomic mass is 35.5. The van der Waals surface area contributed by atoms with E-state index in [0.29, 0.717) is 6.54 Å². The third-order valence-corrected chi connectivity index (χ3v) is 3.74. The molecule has 3 rings (SSSR count). The zero-order chi connectivity index (χ0) is 13.9. The molecule has 4 heteroatoms. The molecule has 1 atom stereocenters. The zero-order valence-corrected chi connectivity index (χ0v) is 11.8. The second-order valence-corrected chi connectivity index (χ2v) is 5.26. The van der Waals surface area contributed by atoms with Crippen LogP contribution in [0.4, 0.5) is 5.69 Å². The zero-order valence-electron chi connectivity index (χ0n) is 11.0. The van der Waals surface area contributed by atoms with Crippen LogP contribution < -0.4 is 10.7 Å². The number of hydrogen-bond donors (Lipinski definition) is 1. The minimum atomic E-state index is 0.188. The maximum atomic E-state index is 5.97. The van der Waals surface area contributed by atoms with Gasteiger partial charge in [0.2, 0.25) is 0 Å². The number of hydrazone groups is 1. The molecule has 2 N–H and O–H groups in total. The number of benzene rings is 2. The normalized spacial score (nSPS) is 18.2. The smallest absolute Gasteiger partial charge is 0.0828 e. The average molecular weight is 286 g/mol. The number of para-hydroxylation sites is 1. The van der Waals surface area contributed by atoms with Gasteiger partial charge in [0.05, 0.1) is 17.4 Å². The van der Waals surface area contributed by atoms with Gasteiger partial charge in [-0.05, 0) is 29.8 Å². The van der Waals surface area contributed by atoms with Crippen molar-refractivity contribution in [3.8, 4) is 0 Å². The van der Waals surface area contributed by atoms with E-state index in [9.17, 15) is 0 Å². The van der Waals surface area contributed by atoms with Crippen molar-refractivity contribution >= 4 is 23.0 Å². The molecule has 1 aliphatic heterocycles. The summed E-state index contributed by atoms with van der Waals surface area (Å²) in [5.74, 6) is 0. The van der Waals surface area contributed by atoms with Crippen LogP contribution in [0.25, 0.3) is 0 Å². The predicted octanol–water partition coefficient (Wildman–Crippen LogP) is 3.61. The van der Waals surface area contributed by atoms with Crippen LogP contribution >= 0.6 is 11.6 Å². The fourth-order valence-electron chi connectivity index (χ4n) is 2.46. The van der Waals surface area contributed by atoms with Gasteiger partial charge in [-0.25, -0.2) is 0 Å². The van der Waals surface area contributed by atoms with Crippen molar-refractivity contribution in [1.29, 1.82) is 0 Å². The van der Waals surface area contributed by atoms with E-state index in [2.05, 4.69) is 29.4 Å². The van der Waals surface area contributed by atoms with Crippen LogP contribution in [0.1, 0.15) is 18.0 Å². The Morgan fingerprint density at radius 1 is 1.10 bits per heavy atom. The molecule has 0 amide bonds. The minimum Gasteiger partial charge on any atom is -0.325 e. The first kappa shape index (κ1) is 13.2. The lowest BCUT2D eigenvalue weighted by atomic mass is 10.0. The Balaban J connectivity index is 1.95. The summed E-state index contributed by atoms with van der Waals surface area (Å²) in [6, 6.07) is 18.3. The van der Waals surface area contributed by atoms with Gasteiger partial charge in [-0.3, -0.25) is 5.01 Å². The fraction of sp³-hybridized carbons (Fsp3) is 0.188. The summed E-state index contributed by atoms with van der Waals surface area (Å²) in [4.78, 5) is 0. The Kier molecular flexibility index (Phi) is 3.72. The van der Waals surface area contributed by atoms with Crippen LogP contribution in [0, 0.1) is 0 Å². The number of nitrogens with two attached hydrogens (primary N) is 1. The molecule has 2 aromatic carbocycles. The maximum Gasteiger partial charge on any atom is 0.0828 e. The van der Waals surface area contributed by atoms with Gasteiger partial charge in [-0.15, -0.1) is 0 Å². The molecule has 102 valence electrons. The van der Waals surface area contributed by atoms with Crippen molar-refractivity contribution in [2.75, 3.05) is 11.6 Å². The number of halogens is 1. The molecule has 2 aromatic rings. The van der Waals surface area contributed by atoms with E-state index in [-0.39, 0.29) is 6.04 Å². The largest absolute Gasteiger partial charge is 0.325 e. The van der Waals surface area contributed by atoms with E-state index in [1.807, 2.05) is 35.3 Å². The van der Waals surface area contributed by atoms with E-state index >= 15 is 0 Å². The summed E-state index contributed by atoms with van der Waals surface area (Å²) in [6.07, 6.45) is 0.854. The summed E-state index contributed by atoms with van der Waals surface area (Å²) in [5.41, 5.74) is 9.06. The van der Waals surface area contributed by atoms with Crippen molar-refractivity contribution < 1.29 is 0 Å². The van der Waals surface area contributed by atoms with Crippen LogP contribution in [0.15, 0.2) is 59.7 Å². The lowest BCUT2D eigenvalue weighted by Gasteiger charge is -2.24.